The Morgan fingerprint density at radius 3 is 2.62 bits per heavy atom. The fourth-order valence-corrected chi connectivity index (χ4v) is 4.34. The van der Waals surface area contributed by atoms with Crippen LogP contribution >= 0.6 is 34.4 Å². The summed E-state index contributed by atoms with van der Waals surface area (Å²) in [4.78, 5) is 23.5. The van der Waals surface area contributed by atoms with Crippen LogP contribution in [0.3, 0.4) is 0 Å². The zero-order valence-electron chi connectivity index (χ0n) is 12.7. The van der Waals surface area contributed by atoms with E-state index < -0.39 is 10.2 Å². The maximum absolute atomic E-state index is 13.0. The molecule has 1 aliphatic heterocycles. The first-order valence-electron chi connectivity index (χ1n) is 7.14. The molecule has 0 fully saturated rings. The molecule has 2 aromatic rings. The fourth-order valence-electron chi connectivity index (χ4n) is 2.60. The molecular formula is C17H13IN2O3S. The van der Waals surface area contributed by atoms with E-state index in [-0.39, 0.29) is 11.5 Å². The standard InChI is InChI=1S/C17H13IN2O3S/c1-19-17-14(10-4-2-6-12(18)8-10)15(21)16(24-17)11-5-3-7-13(9-11)20(22)23/h2-9,16,19H,1H3. The van der Waals surface area contributed by atoms with Gasteiger partial charge >= 0.3 is 0 Å². The van der Waals surface area contributed by atoms with Gasteiger partial charge in [0.05, 0.1) is 20.8 Å². The molecule has 0 aliphatic carbocycles. The minimum Gasteiger partial charge on any atom is -0.382 e. The third-order valence-corrected chi connectivity index (χ3v) is 5.71. The van der Waals surface area contributed by atoms with Crippen molar-refractivity contribution in [3.63, 3.8) is 0 Å². The number of Topliss-reactive ketones (excluding diaryl/α,β-unsaturated/α-hetero) is 1. The quantitative estimate of drug-likeness (QED) is 0.429. The molecule has 3 rings (SSSR count). The van der Waals surface area contributed by atoms with Gasteiger partial charge in [-0.3, -0.25) is 14.9 Å². The van der Waals surface area contributed by atoms with Crippen LogP contribution in [0.5, 0.6) is 0 Å². The number of nitro benzene ring substituents is 1. The van der Waals surface area contributed by atoms with Crippen LogP contribution in [0.2, 0.25) is 0 Å². The number of hydrogen-bond donors (Lipinski definition) is 1. The van der Waals surface area contributed by atoms with Crippen LogP contribution in [0.15, 0.2) is 53.6 Å². The molecular weight excluding hydrogens is 439 g/mol. The smallest absolute Gasteiger partial charge is 0.269 e. The maximum atomic E-state index is 13.0. The molecule has 1 aliphatic rings. The van der Waals surface area contributed by atoms with Gasteiger partial charge in [0.2, 0.25) is 0 Å². The van der Waals surface area contributed by atoms with Gasteiger partial charge in [-0.2, -0.15) is 0 Å². The molecule has 0 saturated heterocycles. The lowest BCUT2D eigenvalue weighted by Gasteiger charge is -2.09. The summed E-state index contributed by atoms with van der Waals surface area (Å²) in [5, 5.41) is 14.4. The number of ketones is 1. The fraction of sp³-hybridized carbons (Fsp3) is 0.118. The zero-order chi connectivity index (χ0) is 17.3. The number of benzene rings is 2. The van der Waals surface area contributed by atoms with Crippen LogP contribution in [0.1, 0.15) is 16.4 Å². The summed E-state index contributed by atoms with van der Waals surface area (Å²) < 4.78 is 1.05. The van der Waals surface area contributed by atoms with E-state index >= 15 is 0 Å². The molecule has 0 aromatic heterocycles. The Hall–Kier alpha value is -1.87. The number of rotatable bonds is 4. The predicted octanol–water partition coefficient (Wildman–Crippen LogP) is 4.14. The SMILES string of the molecule is CNC1=C(c2cccc(I)c2)C(=O)C(c2cccc([N+](=O)[O-])c2)S1. The number of carbonyl (C=O) groups is 1. The molecule has 0 amide bonds. The molecule has 0 bridgehead atoms. The number of nitrogens with one attached hydrogen (secondary N) is 1. The predicted molar refractivity (Wildman–Crippen MR) is 104 cm³/mol. The van der Waals surface area contributed by atoms with Crippen molar-refractivity contribution in [3.05, 3.63) is 78.4 Å². The van der Waals surface area contributed by atoms with Crippen LogP contribution in [0.25, 0.3) is 5.57 Å². The van der Waals surface area contributed by atoms with Gasteiger partial charge in [-0.25, -0.2) is 0 Å². The molecule has 122 valence electrons. The van der Waals surface area contributed by atoms with Gasteiger partial charge in [-0.05, 0) is 45.9 Å². The highest BCUT2D eigenvalue weighted by molar-refractivity contribution is 14.1. The number of thioether (sulfide) groups is 1. The second-order valence-corrected chi connectivity index (χ2v) is 7.54. The highest BCUT2D eigenvalue weighted by Crippen LogP contribution is 2.47. The highest BCUT2D eigenvalue weighted by Gasteiger charge is 2.36. The Labute approximate surface area is 156 Å². The minimum atomic E-state index is -0.472. The van der Waals surface area contributed by atoms with Gasteiger partial charge in [-0.15, -0.1) is 0 Å². The van der Waals surface area contributed by atoms with E-state index in [1.165, 1.54) is 23.9 Å². The molecule has 7 heteroatoms. The van der Waals surface area contributed by atoms with Gasteiger partial charge < -0.3 is 5.32 Å². The molecule has 24 heavy (non-hydrogen) atoms. The van der Waals surface area contributed by atoms with E-state index in [0.29, 0.717) is 11.1 Å². The summed E-state index contributed by atoms with van der Waals surface area (Å²) in [6.45, 7) is 0. The second kappa shape index (κ2) is 6.94. The van der Waals surface area contributed by atoms with Crippen molar-refractivity contribution in [1.82, 2.24) is 5.32 Å². The van der Waals surface area contributed by atoms with E-state index in [1.54, 1.807) is 19.2 Å². The molecule has 0 spiro atoms. The van der Waals surface area contributed by atoms with Crippen molar-refractivity contribution in [3.8, 4) is 0 Å². The Bertz CT molecular complexity index is 866. The number of halogens is 1. The second-order valence-electron chi connectivity index (χ2n) is 5.18. The third-order valence-electron chi connectivity index (χ3n) is 3.67. The summed E-state index contributed by atoms with van der Waals surface area (Å²) in [6, 6.07) is 14.0. The number of hydrogen-bond acceptors (Lipinski definition) is 5. The Morgan fingerprint density at radius 1 is 1.21 bits per heavy atom. The lowest BCUT2D eigenvalue weighted by atomic mass is 9.97. The van der Waals surface area contributed by atoms with E-state index in [0.717, 1.165) is 14.2 Å². The number of nitro groups is 1. The molecule has 1 heterocycles. The normalized spacial score (nSPS) is 17.2. The number of carbonyl (C=O) groups excluding carboxylic acids is 1. The molecule has 2 aromatic carbocycles. The highest BCUT2D eigenvalue weighted by atomic mass is 127. The van der Waals surface area contributed by atoms with Gasteiger partial charge in [-0.1, -0.05) is 36.0 Å². The first kappa shape index (κ1) is 17.0. The molecule has 0 radical (unpaired) electrons. The van der Waals surface area contributed by atoms with Crippen molar-refractivity contribution in [2.24, 2.45) is 0 Å². The summed E-state index contributed by atoms with van der Waals surface area (Å²) in [7, 11) is 1.78. The van der Waals surface area contributed by atoms with Crippen LogP contribution in [0.4, 0.5) is 5.69 Å². The molecule has 1 unspecified atom stereocenters. The molecule has 1 atom stereocenters. The summed E-state index contributed by atoms with van der Waals surface area (Å²) in [5.41, 5.74) is 2.14. The van der Waals surface area contributed by atoms with Gasteiger partial charge in [0.15, 0.2) is 5.78 Å². The van der Waals surface area contributed by atoms with E-state index in [9.17, 15) is 14.9 Å². The summed E-state index contributed by atoms with van der Waals surface area (Å²) in [5.74, 6) is -0.0353. The zero-order valence-corrected chi connectivity index (χ0v) is 15.6. The van der Waals surface area contributed by atoms with Gasteiger partial charge in [0.1, 0.15) is 0 Å². The van der Waals surface area contributed by atoms with Crippen molar-refractivity contribution in [1.29, 1.82) is 0 Å². The van der Waals surface area contributed by atoms with E-state index in [4.69, 9.17) is 0 Å². The maximum Gasteiger partial charge on any atom is 0.269 e. The average Bonchev–Trinajstić information content (AvgIpc) is 2.91. The van der Waals surface area contributed by atoms with Crippen molar-refractivity contribution >= 4 is 51.4 Å². The van der Waals surface area contributed by atoms with Crippen LogP contribution < -0.4 is 5.32 Å². The molecule has 5 nitrogen and oxygen atoms in total. The lowest BCUT2D eigenvalue weighted by molar-refractivity contribution is -0.384. The van der Waals surface area contributed by atoms with E-state index in [2.05, 4.69) is 27.9 Å². The lowest BCUT2D eigenvalue weighted by Crippen LogP contribution is -2.08. The van der Waals surface area contributed by atoms with Crippen molar-refractivity contribution in [2.75, 3.05) is 7.05 Å². The topological polar surface area (TPSA) is 72.2 Å². The summed E-state index contributed by atoms with van der Waals surface area (Å²) >= 11 is 3.61. The largest absolute Gasteiger partial charge is 0.382 e. The first-order chi connectivity index (χ1) is 11.5. The van der Waals surface area contributed by atoms with Crippen molar-refractivity contribution < 1.29 is 9.72 Å². The monoisotopic (exact) mass is 452 g/mol. The van der Waals surface area contributed by atoms with Crippen LogP contribution in [0, 0.1) is 13.7 Å². The molecule has 0 saturated carbocycles. The van der Waals surface area contributed by atoms with E-state index in [1.807, 2.05) is 24.3 Å². The first-order valence-corrected chi connectivity index (χ1v) is 9.10. The summed E-state index contributed by atoms with van der Waals surface area (Å²) in [6.07, 6.45) is 0. The number of non-ortho nitro benzene ring substituents is 1. The third kappa shape index (κ3) is 3.18. The van der Waals surface area contributed by atoms with Crippen LogP contribution in [-0.2, 0) is 4.79 Å². The average molecular weight is 452 g/mol. The minimum absolute atomic E-state index is 0.00498. The van der Waals surface area contributed by atoms with Gasteiger partial charge in [0.25, 0.3) is 5.69 Å². The number of nitrogens with zero attached hydrogens (tertiary/aromatic N) is 1. The Balaban J connectivity index is 2.00. The Kier molecular flexibility index (Phi) is 4.91. The number of allylic oxidation sites excluding steroid dienone is 1. The Morgan fingerprint density at radius 2 is 1.96 bits per heavy atom. The van der Waals surface area contributed by atoms with Gasteiger partial charge in [0, 0.05) is 22.8 Å². The molecule has 1 N–H and O–H groups in total. The van der Waals surface area contributed by atoms with Crippen LogP contribution in [-0.4, -0.2) is 17.8 Å². The van der Waals surface area contributed by atoms with Crippen molar-refractivity contribution in [2.45, 2.75) is 5.25 Å².